The first kappa shape index (κ1) is 19.7. The van der Waals surface area contributed by atoms with Gasteiger partial charge in [0.05, 0.1) is 18.7 Å². The van der Waals surface area contributed by atoms with Crippen LogP contribution >= 0.6 is 11.3 Å². The maximum Gasteiger partial charge on any atom is 0.254 e. The van der Waals surface area contributed by atoms with Gasteiger partial charge in [0.1, 0.15) is 5.75 Å². The van der Waals surface area contributed by atoms with Crippen molar-refractivity contribution in [2.75, 3.05) is 7.11 Å². The van der Waals surface area contributed by atoms with Crippen LogP contribution in [-0.2, 0) is 13.0 Å². The molecular weight excluding hydrogens is 368 g/mol. The molecule has 5 heteroatoms. The van der Waals surface area contributed by atoms with Crippen LogP contribution in [0.5, 0.6) is 5.75 Å². The zero-order valence-electron chi connectivity index (χ0n) is 16.0. The third-order valence-electron chi connectivity index (χ3n) is 4.62. The molecule has 3 aromatic rings. The molecule has 1 atom stereocenters. The summed E-state index contributed by atoms with van der Waals surface area (Å²) in [5.74, 6) is 0.715. The van der Waals surface area contributed by atoms with E-state index in [9.17, 15) is 4.79 Å². The van der Waals surface area contributed by atoms with Gasteiger partial charge in [0.15, 0.2) is 0 Å². The van der Waals surface area contributed by atoms with Gasteiger partial charge >= 0.3 is 0 Å². The number of amides is 1. The van der Waals surface area contributed by atoms with Gasteiger partial charge in [-0.25, -0.2) is 0 Å². The Bertz CT molecular complexity index is 959. The molecule has 0 N–H and O–H groups in total. The van der Waals surface area contributed by atoms with E-state index in [1.54, 1.807) is 42.7 Å². The Morgan fingerprint density at radius 3 is 2.61 bits per heavy atom. The lowest BCUT2D eigenvalue weighted by Gasteiger charge is -2.29. The number of ether oxygens (including phenoxy) is 1. The number of nitrogens with zero attached hydrogens (tertiary/aromatic N) is 2. The standard InChI is InChI=1S/C23H22N2O2S/c1-17(13-22-7-4-12-28-22)25(16-18-8-10-21(27-2)11-9-18)23(26)20-6-3-5-19(14-20)15-24/h3-12,14,17H,13,16H2,1-2H3/t17-/m1/s1. The first-order valence-electron chi connectivity index (χ1n) is 9.07. The van der Waals surface area contributed by atoms with E-state index in [0.29, 0.717) is 17.7 Å². The fourth-order valence-corrected chi connectivity index (χ4v) is 3.90. The molecule has 0 fully saturated rings. The normalized spacial score (nSPS) is 11.5. The number of benzene rings is 2. The van der Waals surface area contributed by atoms with Crippen molar-refractivity contribution in [3.05, 3.63) is 87.6 Å². The fraction of sp³-hybridized carbons (Fsp3) is 0.217. The second-order valence-corrected chi connectivity index (χ2v) is 7.64. The zero-order valence-corrected chi connectivity index (χ0v) is 16.8. The van der Waals surface area contributed by atoms with Gasteiger partial charge in [-0.15, -0.1) is 11.3 Å². The van der Waals surface area contributed by atoms with E-state index in [2.05, 4.69) is 19.1 Å². The number of rotatable bonds is 7. The molecule has 0 spiro atoms. The highest BCUT2D eigenvalue weighted by molar-refractivity contribution is 7.09. The van der Waals surface area contributed by atoms with Crippen LogP contribution in [-0.4, -0.2) is 24.0 Å². The van der Waals surface area contributed by atoms with Crippen LogP contribution in [0.3, 0.4) is 0 Å². The molecule has 4 nitrogen and oxygen atoms in total. The van der Waals surface area contributed by atoms with E-state index in [1.807, 2.05) is 40.6 Å². The number of thiophene rings is 1. The molecule has 0 radical (unpaired) electrons. The average Bonchev–Trinajstić information content (AvgIpc) is 3.25. The smallest absolute Gasteiger partial charge is 0.254 e. The van der Waals surface area contributed by atoms with Crippen molar-refractivity contribution in [3.8, 4) is 11.8 Å². The summed E-state index contributed by atoms with van der Waals surface area (Å²) in [5, 5.41) is 11.2. The van der Waals surface area contributed by atoms with Gasteiger partial charge in [-0.3, -0.25) is 4.79 Å². The van der Waals surface area contributed by atoms with Crippen molar-refractivity contribution >= 4 is 17.2 Å². The number of hydrogen-bond acceptors (Lipinski definition) is 4. The van der Waals surface area contributed by atoms with Gasteiger partial charge in [-0.2, -0.15) is 5.26 Å². The Hall–Kier alpha value is -3.10. The predicted octanol–water partition coefficient (Wildman–Crippen LogP) is 4.90. The van der Waals surface area contributed by atoms with Crippen molar-refractivity contribution in [1.29, 1.82) is 5.26 Å². The molecule has 1 heterocycles. The van der Waals surface area contributed by atoms with E-state index in [0.717, 1.165) is 17.7 Å². The highest BCUT2D eigenvalue weighted by Crippen LogP contribution is 2.20. The highest BCUT2D eigenvalue weighted by atomic mass is 32.1. The average molecular weight is 391 g/mol. The van der Waals surface area contributed by atoms with Gasteiger partial charge in [0.25, 0.3) is 5.91 Å². The van der Waals surface area contributed by atoms with Gasteiger partial charge in [0, 0.05) is 29.4 Å². The SMILES string of the molecule is COc1ccc(CN(C(=O)c2cccc(C#N)c2)[C@H](C)Cc2cccs2)cc1. The molecule has 142 valence electrons. The highest BCUT2D eigenvalue weighted by Gasteiger charge is 2.23. The molecule has 0 bridgehead atoms. The first-order chi connectivity index (χ1) is 13.6. The second kappa shape index (κ2) is 9.20. The molecule has 0 aliphatic carbocycles. The van der Waals surface area contributed by atoms with E-state index in [1.165, 1.54) is 4.88 Å². The minimum Gasteiger partial charge on any atom is -0.497 e. The lowest BCUT2D eigenvalue weighted by atomic mass is 10.1. The summed E-state index contributed by atoms with van der Waals surface area (Å²) in [6, 6.07) is 20.9. The minimum absolute atomic E-state index is 0.0130. The summed E-state index contributed by atoms with van der Waals surface area (Å²) in [4.78, 5) is 16.4. The zero-order chi connectivity index (χ0) is 19.9. The van der Waals surface area contributed by atoms with Crippen LogP contribution in [0.25, 0.3) is 0 Å². The van der Waals surface area contributed by atoms with Crippen LogP contribution < -0.4 is 4.74 Å². The number of carbonyl (C=O) groups excluding carboxylic acids is 1. The predicted molar refractivity (Wildman–Crippen MR) is 112 cm³/mol. The molecule has 1 amide bonds. The van der Waals surface area contributed by atoms with Gasteiger partial charge in [-0.1, -0.05) is 24.3 Å². The summed E-state index contributed by atoms with van der Waals surface area (Å²) in [5.41, 5.74) is 2.05. The lowest BCUT2D eigenvalue weighted by molar-refractivity contribution is 0.0676. The molecule has 0 saturated carbocycles. The van der Waals surface area contributed by atoms with Crippen LogP contribution in [0, 0.1) is 11.3 Å². The first-order valence-corrected chi connectivity index (χ1v) is 9.95. The van der Waals surface area contributed by atoms with Gasteiger partial charge < -0.3 is 9.64 Å². The molecule has 0 unspecified atom stereocenters. The van der Waals surface area contributed by atoms with Gasteiger partial charge in [0.2, 0.25) is 0 Å². The van der Waals surface area contributed by atoms with E-state index in [-0.39, 0.29) is 11.9 Å². The summed E-state index contributed by atoms with van der Waals surface area (Å²) in [6.07, 6.45) is 0.789. The Morgan fingerprint density at radius 2 is 1.96 bits per heavy atom. The van der Waals surface area contributed by atoms with E-state index < -0.39 is 0 Å². The van der Waals surface area contributed by atoms with Gasteiger partial charge in [-0.05, 0) is 54.3 Å². The summed E-state index contributed by atoms with van der Waals surface area (Å²) < 4.78 is 5.22. The minimum atomic E-state index is -0.0722. The Labute approximate surface area is 169 Å². The number of carbonyl (C=O) groups is 1. The largest absolute Gasteiger partial charge is 0.497 e. The van der Waals surface area contributed by atoms with Crippen molar-refractivity contribution in [2.45, 2.75) is 25.9 Å². The van der Waals surface area contributed by atoms with Crippen LogP contribution in [0.2, 0.25) is 0 Å². The van der Waals surface area contributed by atoms with Crippen molar-refractivity contribution in [3.63, 3.8) is 0 Å². The van der Waals surface area contributed by atoms with Crippen LogP contribution in [0.4, 0.5) is 0 Å². The van der Waals surface area contributed by atoms with Crippen LogP contribution in [0.1, 0.15) is 33.3 Å². The number of hydrogen-bond donors (Lipinski definition) is 0. The topological polar surface area (TPSA) is 53.3 Å². The second-order valence-electron chi connectivity index (χ2n) is 6.61. The van der Waals surface area contributed by atoms with Crippen molar-refractivity contribution in [2.24, 2.45) is 0 Å². The molecule has 1 aromatic heterocycles. The van der Waals surface area contributed by atoms with Crippen LogP contribution in [0.15, 0.2) is 66.0 Å². The van der Waals surface area contributed by atoms with E-state index >= 15 is 0 Å². The third kappa shape index (κ3) is 4.79. The summed E-state index contributed by atoms with van der Waals surface area (Å²) in [7, 11) is 1.64. The summed E-state index contributed by atoms with van der Waals surface area (Å²) in [6.45, 7) is 2.56. The number of nitriles is 1. The third-order valence-corrected chi connectivity index (χ3v) is 5.52. The van der Waals surface area contributed by atoms with Crippen molar-refractivity contribution in [1.82, 2.24) is 4.90 Å². The lowest BCUT2D eigenvalue weighted by Crippen LogP contribution is -2.39. The maximum absolute atomic E-state index is 13.3. The summed E-state index contributed by atoms with van der Waals surface area (Å²) >= 11 is 1.70. The quantitative estimate of drug-likeness (QED) is 0.576. The van der Waals surface area contributed by atoms with E-state index in [4.69, 9.17) is 10.00 Å². The molecule has 0 aliphatic rings. The molecular formula is C23H22N2O2S. The monoisotopic (exact) mass is 390 g/mol. The molecule has 0 aliphatic heterocycles. The molecule has 3 rings (SSSR count). The Morgan fingerprint density at radius 1 is 1.18 bits per heavy atom. The fourth-order valence-electron chi connectivity index (χ4n) is 3.07. The molecule has 0 saturated heterocycles. The Kier molecular flexibility index (Phi) is 6.46. The molecule has 28 heavy (non-hydrogen) atoms. The number of methoxy groups -OCH3 is 1. The van der Waals surface area contributed by atoms with Crippen molar-refractivity contribution < 1.29 is 9.53 Å². The molecule has 2 aromatic carbocycles. The Balaban J connectivity index is 1.87. The maximum atomic E-state index is 13.3.